The van der Waals surface area contributed by atoms with Crippen molar-refractivity contribution in [3.8, 4) is 16.9 Å². The van der Waals surface area contributed by atoms with E-state index < -0.39 is 11.8 Å². The van der Waals surface area contributed by atoms with E-state index in [2.05, 4.69) is 11.7 Å². The third-order valence-corrected chi connectivity index (χ3v) is 3.92. The SMILES string of the molecule is C=NCCOc1ccc2c(c1)C(O)(C(F)(F)F)c1ccccc1-2. The topological polar surface area (TPSA) is 41.8 Å². The Balaban J connectivity index is 2.13. The quantitative estimate of drug-likeness (QED) is 0.691. The van der Waals surface area contributed by atoms with E-state index in [9.17, 15) is 18.3 Å². The van der Waals surface area contributed by atoms with Gasteiger partial charge in [0.1, 0.15) is 12.4 Å². The van der Waals surface area contributed by atoms with Gasteiger partial charge in [-0.3, -0.25) is 4.99 Å². The molecule has 1 N–H and O–H groups in total. The highest BCUT2D eigenvalue weighted by molar-refractivity contribution is 5.81. The number of rotatable bonds is 4. The van der Waals surface area contributed by atoms with Crippen LogP contribution < -0.4 is 4.74 Å². The molecule has 0 bridgehead atoms. The number of aliphatic imine (C=N–C) groups is 1. The molecule has 6 heteroatoms. The van der Waals surface area contributed by atoms with Crippen LogP contribution in [0, 0.1) is 0 Å². The Kier molecular flexibility index (Phi) is 3.64. The van der Waals surface area contributed by atoms with E-state index >= 15 is 0 Å². The van der Waals surface area contributed by atoms with Gasteiger partial charge in [-0.25, -0.2) is 0 Å². The molecule has 23 heavy (non-hydrogen) atoms. The van der Waals surface area contributed by atoms with Crippen LogP contribution in [0.2, 0.25) is 0 Å². The number of halogens is 3. The zero-order chi connectivity index (χ0) is 16.7. The Bertz CT molecular complexity index is 758. The molecule has 0 amide bonds. The number of hydrogen-bond acceptors (Lipinski definition) is 3. The second-order valence-electron chi connectivity index (χ2n) is 5.26. The van der Waals surface area contributed by atoms with Crippen LogP contribution in [0.4, 0.5) is 13.2 Å². The summed E-state index contributed by atoms with van der Waals surface area (Å²) >= 11 is 0. The van der Waals surface area contributed by atoms with Gasteiger partial charge in [0.25, 0.3) is 0 Å². The average molecular weight is 321 g/mol. The number of ether oxygens (including phenoxy) is 1. The molecule has 1 atom stereocenters. The normalized spacial score (nSPS) is 19.1. The van der Waals surface area contributed by atoms with Crippen molar-refractivity contribution in [1.82, 2.24) is 0 Å². The molecule has 0 radical (unpaired) electrons. The van der Waals surface area contributed by atoms with Crippen molar-refractivity contribution >= 4 is 6.72 Å². The number of hydrogen-bond donors (Lipinski definition) is 1. The molecule has 0 aromatic heterocycles. The van der Waals surface area contributed by atoms with Crippen LogP contribution in [0.5, 0.6) is 5.75 Å². The van der Waals surface area contributed by atoms with Crippen LogP contribution >= 0.6 is 0 Å². The Morgan fingerprint density at radius 2 is 1.78 bits per heavy atom. The van der Waals surface area contributed by atoms with Crippen LogP contribution in [0.3, 0.4) is 0 Å². The van der Waals surface area contributed by atoms with Crippen molar-refractivity contribution < 1.29 is 23.0 Å². The predicted octanol–water partition coefficient (Wildman–Crippen LogP) is 3.54. The summed E-state index contributed by atoms with van der Waals surface area (Å²) < 4.78 is 46.2. The highest BCUT2D eigenvalue weighted by atomic mass is 19.4. The zero-order valence-electron chi connectivity index (χ0n) is 12.1. The summed E-state index contributed by atoms with van der Waals surface area (Å²) in [5, 5.41) is 10.5. The summed E-state index contributed by atoms with van der Waals surface area (Å²) in [6.07, 6.45) is -4.84. The molecule has 1 aliphatic carbocycles. The Morgan fingerprint density at radius 1 is 1.09 bits per heavy atom. The lowest BCUT2D eigenvalue weighted by Gasteiger charge is -2.28. The molecule has 0 spiro atoms. The highest BCUT2D eigenvalue weighted by Crippen LogP contribution is 2.55. The number of fused-ring (bicyclic) bond motifs is 3. The largest absolute Gasteiger partial charge is 0.492 e. The van der Waals surface area contributed by atoms with Gasteiger partial charge >= 0.3 is 6.18 Å². The van der Waals surface area contributed by atoms with Gasteiger partial charge in [-0.05, 0) is 30.0 Å². The second kappa shape index (κ2) is 5.38. The molecular weight excluding hydrogens is 307 g/mol. The molecule has 3 nitrogen and oxygen atoms in total. The van der Waals surface area contributed by atoms with E-state index in [0.717, 1.165) is 0 Å². The number of aliphatic hydroxyl groups is 1. The molecule has 1 aliphatic rings. The van der Waals surface area contributed by atoms with Gasteiger partial charge in [-0.2, -0.15) is 13.2 Å². The van der Waals surface area contributed by atoms with Crippen molar-refractivity contribution in [2.24, 2.45) is 4.99 Å². The molecule has 120 valence electrons. The van der Waals surface area contributed by atoms with Crippen molar-refractivity contribution in [2.45, 2.75) is 11.8 Å². The molecule has 2 aromatic rings. The monoisotopic (exact) mass is 321 g/mol. The maximum absolute atomic E-state index is 13.6. The molecule has 1 unspecified atom stereocenters. The number of nitrogens with zero attached hydrogens (tertiary/aromatic N) is 1. The third-order valence-electron chi connectivity index (χ3n) is 3.92. The van der Waals surface area contributed by atoms with Gasteiger partial charge in [0, 0.05) is 11.1 Å². The molecule has 0 saturated heterocycles. The molecular formula is C17H14F3NO2. The van der Waals surface area contributed by atoms with Gasteiger partial charge in [0.05, 0.1) is 6.54 Å². The van der Waals surface area contributed by atoms with Crippen molar-refractivity contribution in [3.63, 3.8) is 0 Å². The fraction of sp³-hybridized carbons (Fsp3) is 0.235. The zero-order valence-corrected chi connectivity index (χ0v) is 12.1. The summed E-state index contributed by atoms with van der Waals surface area (Å²) in [4.78, 5) is 3.62. The molecule has 0 fully saturated rings. The van der Waals surface area contributed by atoms with Crippen LogP contribution in [-0.4, -0.2) is 31.2 Å². The van der Waals surface area contributed by atoms with Gasteiger partial charge < -0.3 is 9.84 Å². The summed E-state index contributed by atoms with van der Waals surface area (Å²) in [5.41, 5.74) is -2.67. The first kappa shape index (κ1) is 15.6. The maximum Gasteiger partial charge on any atom is 0.425 e. The highest BCUT2D eigenvalue weighted by Gasteiger charge is 2.60. The van der Waals surface area contributed by atoms with Gasteiger partial charge in [0.15, 0.2) is 0 Å². The predicted molar refractivity (Wildman–Crippen MR) is 80.8 cm³/mol. The molecule has 0 aliphatic heterocycles. The minimum atomic E-state index is -4.84. The first-order chi connectivity index (χ1) is 10.9. The summed E-state index contributed by atoms with van der Waals surface area (Å²) in [6, 6.07) is 10.4. The summed E-state index contributed by atoms with van der Waals surface area (Å²) in [7, 11) is 0. The Morgan fingerprint density at radius 3 is 2.48 bits per heavy atom. The fourth-order valence-corrected chi connectivity index (χ4v) is 2.86. The van der Waals surface area contributed by atoms with Gasteiger partial charge in [-0.1, -0.05) is 30.3 Å². The smallest absolute Gasteiger partial charge is 0.425 e. The Labute approximate surface area is 131 Å². The van der Waals surface area contributed by atoms with Crippen molar-refractivity contribution in [3.05, 3.63) is 53.6 Å². The van der Waals surface area contributed by atoms with E-state index in [4.69, 9.17) is 4.74 Å². The molecule has 3 rings (SSSR count). The van der Waals surface area contributed by atoms with Crippen LogP contribution in [0.15, 0.2) is 47.5 Å². The molecule has 2 aromatic carbocycles. The van der Waals surface area contributed by atoms with Crippen LogP contribution in [-0.2, 0) is 5.60 Å². The van der Waals surface area contributed by atoms with E-state index in [-0.39, 0.29) is 23.5 Å². The number of alkyl halides is 3. The maximum atomic E-state index is 13.6. The average Bonchev–Trinajstić information content (AvgIpc) is 2.78. The summed E-state index contributed by atoms with van der Waals surface area (Å²) in [5.74, 6) is 0.253. The van der Waals surface area contributed by atoms with E-state index in [1.165, 1.54) is 24.3 Å². The lowest BCUT2D eigenvalue weighted by Crippen LogP contribution is -2.41. The summed E-state index contributed by atoms with van der Waals surface area (Å²) in [6.45, 7) is 3.86. The minimum absolute atomic E-state index is 0.160. The lowest BCUT2D eigenvalue weighted by molar-refractivity contribution is -0.246. The first-order valence-electron chi connectivity index (χ1n) is 6.98. The molecule has 0 saturated carbocycles. The van der Waals surface area contributed by atoms with E-state index in [0.29, 0.717) is 17.7 Å². The van der Waals surface area contributed by atoms with E-state index in [1.54, 1.807) is 18.2 Å². The minimum Gasteiger partial charge on any atom is -0.492 e. The number of benzene rings is 2. The van der Waals surface area contributed by atoms with E-state index in [1.807, 2.05) is 0 Å². The lowest BCUT2D eigenvalue weighted by atomic mass is 9.91. The van der Waals surface area contributed by atoms with Crippen molar-refractivity contribution in [1.29, 1.82) is 0 Å². The van der Waals surface area contributed by atoms with Crippen LogP contribution in [0.1, 0.15) is 11.1 Å². The van der Waals surface area contributed by atoms with Gasteiger partial charge in [0.2, 0.25) is 5.60 Å². The van der Waals surface area contributed by atoms with Gasteiger partial charge in [-0.15, -0.1) is 0 Å². The van der Waals surface area contributed by atoms with Crippen molar-refractivity contribution in [2.75, 3.05) is 13.2 Å². The third kappa shape index (κ3) is 2.30. The second-order valence-corrected chi connectivity index (χ2v) is 5.26. The fourth-order valence-electron chi connectivity index (χ4n) is 2.86. The first-order valence-corrected chi connectivity index (χ1v) is 6.98. The molecule has 0 heterocycles. The standard InChI is InChI=1S/C17H14F3NO2/c1-21-8-9-23-11-6-7-13-12-4-2-3-5-14(12)16(22,15(13)10-11)17(18,19)20/h2-7,10,22H,1,8-9H2. The van der Waals surface area contributed by atoms with Crippen LogP contribution in [0.25, 0.3) is 11.1 Å². The Hall–Kier alpha value is -2.34.